The van der Waals surface area contributed by atoms with Gasteiger partial charge in [0, 0.05) is 18.8 Å². The summed E-state index contributed by atoms with van der Waals surface area (Å²) < 4.78 is 1.57. The lowest BCUT2D eigenvalue weighted by Crippen LogP contribution is -2.10. The third kappa shape index (κ3) is 3.34. The number of halogens is 2. The molecule has 2 rings (SSSR count). The number of aryl methyl sites for hydroxylation is 2. The Hall–Kier alpha value is -1.65. The quantitative estimate of drug-likeness (QED) is 0.621. The van der Waals surface area contributed by atoms with Crippen molar-refractivity contribution in [3.8, 4) is 0 Å². The zero-order valence-corrected chi connectivity index (χ0v) is 13.2. The van der Waals surface area contributed by atoms with E-state index in [1.54, 1.807) is 36.1 Å². The lowest BCUT2D eigenvalue weighted by atomic mass is 10.0. The van der Waals surface area contributed by atoms with Gasteiger partial charge in [0.1, 0.15) is 0 Å². The molecule has 4 nitrogen and oxygen atoms in total. The second kappa shape index (κ2) is 6.41. The van der Waals surface area contributed by atoms with Crippen molar-refractivity contribution in [2.75, 3.05) is 0 Å². The van der Waals surface area contributed by atoms with E-state index in [1.165, 1.54) is 0 Å². The second-order valence-electron chi connectivity index (χ2n) is 4.64. The van der Waals surface area contributed by atoms with Crippen LogP contribution in [0.3, 0.4) is 0 Å². The van der Waals surface area contributed by atoms with Gasteiger partial charge in [-0.15, -0.1) is 0 Å². The van der Waals surface area contributed by atoms with E-state index in [0.717, 1.165) is 0 Å². The third-order valence-electron chi connectivity index (χ3n) is 3.11. The molecule has 0 N–H and O–H groups in total. The largest absolute Gasteiger partial charge is 0.294 e. The van der Waals surface area contributed by atoms with Gasteiger partial charge >= 0.3 is 0 Å². The van der Waals surface area contributed by atoms with Crippen LogP contribution in [0.4, 0.5) is 0 Å². The minimum absolute atomic E-state index is 0.180. The molecule has 0 saturated carbocycles. The summed E-state index contributed by atoms with van der Waals surface area (Å²) >= 11 is 11.9. The number of nitrogens with zero attached hydrogens (tertiary/aromatic N) is 2. The second-order valence-corrected chi connectivity index (χ2v) is 5.43. The van der Waals surface area contributed by atoms with Crippen molar-refractivity contribution in [1.82, 2.24) is 9.78 Å². The Morgan fingerprint density at radius 2 is 1.86 bits per heavy atom. The van der Waals surface area contributed by atoms with Crippen LogP contribution in [-0.2, 0) is 13.5 Å². The van der Waals surface area contributed by atoms with E-state index in [2.05, 4.69) is 5.10 Å². The number of Topliss-reactive ketones (excluding diaryl/α,β-unsaturated/α-hetero) is 2. The molecule has 21 heavy (non-hydrogen) atoms. The number of hydrogen-bond acceptors (Lipinski definition) is 3. The fraction of sp³-hybridized carbons (Fsp3) is 0.267. The summed E-state index contributed by atoms with van der Waals surface area (Å²) in [7, 11) is 1.74. The lowest BCUT2D eigenvalue weighted by molar-refractivity contribution is 0.0894. The van der Waals surface area contributed by atoms with Crippen LogP contribution in [-0.4, -0.2) is 21.3 Å². The molecule has 0 aliphatic rings. The lowest BCUT2D eigenvalue weighted by Gasteiger charge is -2.04. The number of carbonyl (C=O) groups excluding carboxylic acids is 2. The van der Waals surface area contributed by atoms with Gasteiger partial charge < -0.3 is 0 Å². The van der Waals surface area contributed by atoms with Gasteiger partial charge in [-0.1, -0.05) is 36.2 Å². The first-order valence-electron chi connectivity index (χ1n) is 6.47. The maximum atomic E-state index is 12.3. The van der Waals surface area contributed by atoms with Gasteiger partial charge in [0.05, 0.1) is 27.7 Å². The summed E-state index contributed by atoms with van der Waals surface area (Å²) in [6.07, 6.45) is 2.01. The van der Waals surface area contributed by atoms with Crippen molar-refractivity contribution in [3.63, 3.8) is 0 Å². The Kier molecular flexibility index (Phi) is 4.80. The first-order chi connectivity index (χ1) is 9.93. The van der Waals surface area contributed by atoms with Crippen LogP contribution < -0.4 is 0 Å². The summed E-state index contributed by atoms with van der Waals surface area (Å²) in [4.78, 5) is 24.5. The minimum atomic E-state index is -0.349. The summed E-state index contributed by atoms with van der Waals surface area (Å²) in [6, 6.07) is 4.79. The number of carbonyl (C=O) groups is 2. The highest BCUT2D eigenvalue weighted by Crippen LogP contribution is 2.26. The molecule has 0 saturated heterocycles. The fourth-order valence-electron chi connectivity index (χ4n) is 2.08. The van der Waals surface area contributed by atoms with Gasteiger partial charge in [0.15, 0.2) is 11.6 Å². The average Bonchev–Trinajstić information content (AvgIpc) is 2.83. The molecule has 0 amide bonds. The number of rotatable bonds is 5. The number of hydrogen-bond donors (Lipinski definition) is 0. The van der Waals surface area contributed by atoms with Crippen LogP contribution in [0, 0.1) is 0 Å². The molecule has 2 aromatic rings. The molecule has 0 atom stereocenters. The molecule has 1 aromatic carbocycles. The Bertz CT molecular complexity index is 708. The van der Waals surface area contributed by atoms with E-state index in [9.17, 15) is 9.59 Å². The molecule has 1 heterocycles. The zero-order chi connectivity index (χ0) is 15.6. The number of aromatic nitrogens is 2. The normalized spacial score (nSPS) is 10.7. The SMILES string of the molecule is CCc1nn(C)cc1C(=O)CC(=O)c1cccc(Cl)c1Cl. The molecule has 0 aliphatic heterocycles. The van der Waals surface area contributed by atoms with Crippen LogP contribution >= 0.6 is 23.2 Å². The van der Waals surface area contributed by atoms with E-state index in [4.69, 9.17) is 23.2 Å². The van der Waals surface area contributed by atoms with Gasteiger partial charge in [0.25, 0.3) is 0 Å². The van der Waals surface area contributed by atoms with Crippen molar-refractivity contribution >= 4 is 34.8 Å². The van der Waals surface area contributed by atoms with Crippen LogP contribution in [0.1, 0.15) is 39.8 Å². The van der Waals surface area contributed by atoms with Gasteiger partial charge in [-0.3, -0.25) is 14.3 Å². The van der Waals surface area contributed by atoms with E-state index < -0.39 is 0 Å². The van der Waals surface area contributed by atoms with Gasteiger partial charge in [-0.05, 0) is 18.6 Å². The van der Waals surface area contributed by atoms with E-state index in [0.29, 0.717) is 22.7 Å². The number of benzene rings is 1. The summed E-state index contributed by atoms with van der Waals surface area (Å²) in [5.74, 6) is -0.612. The van der Waals surface area contributed by atoms with E-state index in [1.807, 2.05) is 6.92 Å². The van der Waals surface area contributed by atoms with Crippen molar-refractivity contribution in [1.29, 1.82) is 0 Å². The molecular formula is C15H14Cl2N2O2. The fourth-order valence-corrected chi connectivity index (χ4v) is 2.49. The maximum absolute atomic E-state index is 12.3. The number of ketones is 2. The maximum Gasteiger partial charge on any atom is 0.174 e. The first-order valence-corrected chi connectivity index (χ1v) is 7.22. The summed E-state index contributed by atoms with van der Waals surface area (Å²) in [5, 5.41) is 4.68. The molecular weight excluding hydrogens is 311 g/mol. The molecule has 0 aliphatic carbocycles. The Balaban J connectivity index is 2.23. The highest BCUT2D eigenvalue weighted by molar-refractivity contribution is 6.44. The van der Waals surface area contributed by atoms with Crippen molar-refractivity contribution < 1.29 is 9.59 Å². The van der Waals surface area contributed by atoms with E-state index in [-0.39, 0.29) is 28.6 Å². The first kappa shape index (κ1) is 15.7. The molecule has 0 radical (unpaired) electrons. The summed E-state index contributed by atoms with van der Waals surface area (Å²) in [5.41, 5.74) is 1.43. The van der Waals surface area contributed by atoms with Gasteiger partial charge in [-0.2, -0.15) is 5.10 Å². The molecule has 0 bridgehead atoms. The standard InChI is InChI=1S/C15H14Cl2N2O2/c1-3-12-10(8-19(2)18-12)14(21)7-13(20)9-5-4-6-11(16)15(9)17/h4-6,8H,3,7H2,1-2H3. The minimum Gasteiger partial charge on any atom is -0.294 e. The Labute approximate surface area is 132 Å². The van der Waals surface area contributed by atoms with Crippen LogP contribution in [0.25, 0.3) is 0 Å². The highest BCUT2D eigenvalue weighted by Gasteiger charge is 2.20. The van der Waals surface area contributed by atoms with Gasteiger partial charge in [-0.25, -0.2) is 0 Å². The predicted molar refractivity (Wildman–Crippen MR) is 82.3 cm³/mol. The molecule has 1 aromatic heterocycles. The van der Waals surface area contributed by atoms with Crippen LogP contribution in [0.15, 0.2) is 24.4 Å². The highest BCUT2D eigenvalue weighted by atomic mass is 35.5. The van der Waals surface area contributed by atoms with Crippen molar-refractivity contribution in [2.24, 2.45) is 7.05 Å². The van der Waals surface area contributed by atoms with Crippen LogP contribution in [0.5, 0.6) is 0 Å². The Morgan fingerprint density at radius 3 is 2.52 bits per heavy atom. The van der Waals surface area contributed by atoms with Gasteiger partial charge in [0.2, 0.25) is 0 Å². The molecule has 6 heteroatoms. The Morgan fingerprint density at radius 1 is 1.19 bits per heavy atom. The van der Waals surface area contributed by atoms with E-state index >= 15 is 0 Å². The molecule has 0 unspecified atom stereocenters. The average molecular weight is 325 g/mol. The zero-order valence-electron chi connectivity index (χ0n) is 11.7. The smallest absolute Gasteiger partial charge is 0.174 e. The molecule has 110 valence electrons. The van der Waals surface area contributed by atoms with Crippen molar-refractivity contribution in [2.45, 2.75) is 19.8 Å². The topological polar surface area (TPSA) is 52.0 Å². The molecule has 0 spiro atoms. The molecule has 0 fully saturated rings. The predicted octanol–water partition coefficient (Wildman–Crippen LogP) is 3.75. The van der Waals surface area contributed by atoms with Crippen molar-refractivity contribution in [3.05, 3.63) is 51.3 Å². The third-order valence-corrected chi connectivity index (χ3v) is 3.93. The van der Waals surface area contributed by atoms with Crippen LogP contribution in [0.2, 0.25) is 10.0 Å². The monoisotopic (exact) mass is 324 g/mol. The summed E-state index contributed by atoms with van der Waals surface area (Å²) in [6.45, 7) is 1.91.